The lowest BCUT2D eigenvalue weighted by molar-refractivity contribution is 0.00578. The highest BCUT2D eigenvalue weighted by Crippen LogP contribution is 2.36. The zero-order valence-corrected chi connectivity index (χ0v) is 16.8. The molecule has 1 aliphatic heterocycles. The Hall–Kier alpha value is -1.14. The van der Waals surface area contributed by atoms with Gasteiger partial charge >= 0.3 is 7.12 Å². The molecule has 0 aromatic carbocycles. The van der Waals surface area contributed by atoms with Gasteiger partial charge in [0.15, 0.2) is 0 Å². The topological polar surface area (TPSA) is 69.3 Å². The maximum absolute atomic E-state index is 9.52. The van der Waals surface area contributed by atoms with Crippen LogP contribution in [-0.4, -0.2) is 42.8 Å². The molecule has 0 N–H and O–H groups in total. The van der Waals surface area contributed by atoms with Gasteiger partial charge in [-0.15, -0.1) is 0 Å². The van der Waals surface area contributed by atoms with E-state index in [9.17, 15) is 5.26 Å². The van der Waals surface area contributed by atoms with Crippen LogP contribution in [0.5, 0.6) is 0 Å². The summed E-state index contributed by atoms with van der Waals surface area (Å²) in [6, 6.07) is 3.29. The normalized spacial score (nSPS) is 19.5. The zero-order chi connectivity index (χ0) is 18.2. The Bertz CT molecular complexity index is 615. The molecule has 6 nitrogen and oxygen atoms in total. The number of nitriles is 1. The van der Waals surface area contributed by atoms with Crippen molar-refractivity contribution in [3.8, 4) is 6.07 Å². The molecule has 0 unspecified atom stereocenters. The van der Waals surface area contributed by atoms with Crippen molar-refractivity contribution in [3.05, 3.63) is 11.9 Å². The molecule has 1 saturated heterocycles. The molecule has 0 aliphatic carbocycles. The van der Waals surface area contributed by atoms with Gasteiger partial charge < -0.3 is 14.0 Å². The average molecular weight is 349 g/mol. The van der Waals surface area contributed by atoms with Crippen LogP contribution in [0.25, 0.3) is 0 Å². The minimum atomic E-state index is -1.13. The summed E-state index contributed by atoms with van der Waals surface area (Å²) in [5.74, 6) is 0. The van der Waals surface area contributed by atoms with E-state index in [0.29, 0.717) is 17.8 Å². The van der Waals surface area contributed by atoms with Gasteiger partial charge in [-0.1, -0.05) is 19.6 Å². The smallest absolute Gasteiger partial charge is 0.399 e. The number of hydrogen-bond donors (Lipinski definition) is 0. The third-order valence-corrected chi connectivity index (χ3v) is 6.39. The van der Waals surface area contributed by atoms with Gasteiger partial charge in [-0.3, -0.25) is 0 Å². The first kappa shape index (κ1) is 19.2. The van der Waals surface area contributed by atoms with E-state index in [0.717, 1.165) is 6.04 Å². The highest BCUT2D eigenvalue weighted by Gasteiger charge is 2.52. The first-order valence-electron chi connectivity index (χ1n) is 8.36. The molecule has 0 bridgehead atoms. The fraction of sp³-hybridized carbons (Fsp3) is 0.750. The maximum atomic E-state index is 9.52. The molecule has 2 heterocycles. The quantitative estimate of drug-likeness (QED) is 0.583. The largest absolute Gasteiger partial charge is 0.499 e. The summed E-state index contributed by atoms with van der Waals surface area (Å²) in [4.78, 5) is 0. The van der Waals surface area contributed by atoms with Crippen LogP contribution in [0.3, 0.4) is 0 Å². The standard InChI is InChI=1S/C16H28BN3O3Si/c1-15(2)16(3,4)23-17(22-15)13-11-19-20(14(13)10-18)12-21-8-9-24(5,6)7/h11H,8-9,12H2,1-7H3. The van der Waals surface area contributed by atoms with Gasteiger partial charge in [-0.05, 0) is 33.7 Å². The molecule has 8 heteroatoms. The SMILES string of the molecule is CC1(C)OB(c2cnn(COCC[Si](C)(C)C)c2C#N)OC1(C)C. The van der Waals surface area contributed by atoms with Crippen molar-refractivity contribution in [2.24, 2.45) is 0 Å². The van der Waals surface area contributed by atoms with Crippen molar-refractivity contribution in [1.29, 1.82) is 5.26 Å². The Morgan fingerprint density at radius 1 is 1.25 bits per heavy atom. The molecule has 24 heavy (non-hydrogen) atoms. The van der Waals surface area contributed by atoms with E-state index in [-0.39, 0.29) is 6.73 Å². The van der Waals surface area contributed by atoms with E-state index < -0.39 is 26.4 Å². The number of hydrogen-bond acceptors (Lipinski definition) is 5. The summed E-state index contributed by atoms with van der Waals surface area (Å²) in [7, 11) is -1.71. The molecule has 1 fully saturated rings. The van der Waals surface area contributed by atoms with Gasteiger partial charge in [-0.2, -0.15) is 10.4 Å². The average Bonchev–Trinajstić information content (AvgIpc) is 2.92. The van der Waals surface area contributed by atoms with Crippen molar-refractivity contribution < 1.29 is 14.0 Å². The minimum absolute atomic E-state index is 0.271. The molecule has 1 aromatic heterocycles. The van der Waals surface area contributed by atoms with Crippen LogP contribution in [0, 0.1) is 11.3 Å². The van der Waals surface area contributed by atoms with E-state index in [1.807, 2.05) is 27.7 Å². The third kappa shape index (κ3) is 4.09. The van der Waals surface area contributed by atoms with E-state index in [4.69, 9.17) is 14.0 Å². The van der Waals surface area contributed by atoms with Crippen molar-refractivity contribution in [3.63, 3.8) is 0 Å². The van der Waals surface area contributed by atoms with E-state index in [1.54, 1.807) is 10.9 Å². The summed E-state index contributed by atoms with van der Waals surface area (Å²) < 4.78 is 19.3. The van der Waals surface area contributed by atoms with Crippen LogP contribution >= 0.6 is 0 Å². The first-order chi connectivity index (χ1) is 11.0. The molecular weight excluding hydrogens is 321 g/mol. The molecule has 1 aliphatic rings. The van der Waals surface area contributed by atoms with Gasteiger partial charge in [-0.25, -0.2) is 4.68 Å². The van der Waals surface area contributed by atoms with E-state index >= 15 is 0 Å². The predicted molar refractivity (Wildman–Crippen MR) is 96.8 cm³/mol. The summed E-state index contributed by atoms with van der Waals surface area (Å²) in [6.07, 6.45) is 1.64. The molecule has 0 radical (unpaired) electrons. The van der Waals surface area contributed by atoms with Crippen LogP contribution in [0.4, 0.5) is 0 Å². The number of ether oxygens (including phenoxy) is 1. The molecule has 132 valence electrons. The summed E-state index contributed by atoms with van der Waals surface area (Å²) in [5.41, 5.74) is 0.201. The lowest BCUT2D eigenvalue weighted by Crippen LogP contribution is -2.41. The number of nitrogens with zero attached hydrogens (tertiary/aromatic N) is 3. The molecule has 2 rings (SSSR count). The van der Waals surface area contributed by atoms with Gasteiger partial charge in [0, 0.05) is 20.1 Å². The molecule has 0 saturated carbocycles. The van der Waals surface area contributed by atoms with Gasteiger partial charge in [0.1, 0.15) is 18.5 Å². The van der Waals surface area contributed by atoms with Crippen molar-refractivity contribution in [2.75, 3.05) is 6.61 Å². The second-order valence-electron chi connectivity index (χ2n) is 8.50. The Kier molecular flexibility index (Phi) is 5.31. The predicted octanol–water partition coefficient (Wildman–Crippen LogP) is 2.37. The van der Waals surface area contributed by atoms with Crippen LogP contribution in [0.2, 0.25) is 25.7 Å². The summed E-state index contributed by atoms with van der Waals surface area (Å²) >= 11 is 0. The second-order valence-corrected chi connectivity index (χ2v) is 14.1. The monoisotopic (exact) mass is 349 g/mol. The molecule has 0 spiro atoms. The zero-order valence-electron chi connectivity index (χ0n) is 15.8. The summed E-state index contributed by atoms with van der Waals surface area (Å²) in [5, 5.41) is 13.8. The van der Waals surface area contributed by atoms with Gasteiger partial charge in [0.05, 0.1) is 17.4 Å². The van der Waals surface area contributed by atoms with Crippen LogP contribution < -0.4 is 5.46 Å². The third-order valence-electron chi connectivity index (χ3n) is 4.69. The Morgan fingerprint density at radius 3 is 2.33 bits per heavy atom. The highest BCUT2D eigenvalue weighted by atomic mass is 28.3. The lowest BCUT2D eigenvalue weighted by atomic mass is 9.79. The Labute approximate surface area is 146 Å². The second kappa shape index (κ2) is 6.64. The fourth-order valence-corrected chi connectivity index (χ4v) is 3.05. The van der Waals surface area contributed by atoms with Crippen LogP contribution in [0.1, 0.15) is 33.4 Å². The highest BCUT2D eigenvalue weighted by molar-refractivity contribution is 6.76. The first-order valence-corrected chi connectivity index (χ1v) is 12.1. The van der Waals surface area contributed by atoms with Crippen molar-refractivity contribution in [1.82, 2.24) is 9.78 Å². The molecular formula is C16H28BN3O3Si. The molecule has 0 atom stereocenters. The molecule has 0 amide bonds. The Morgan fingerprint density at radius 2 is 1.83 bits per heavy atom. The van der Waals surface area contributed by atoms with Crippen molar-refractivity contribution >= 4 is 20.7 Å². The van der Waals surface area contributed by atoms with Gasteiger partial charge in [0.25, 0.3) is 0 Å². The van der Waals surface area contributed by atoms with Crippen LogP contribution in [0.15, 0.2) is 6.20 Å². The number of aromatic nitrogens is 2. The number of rotatable bonds is 6. The molecule has 1 aromatic rings. The fourth-order valence-electron chi connectivity index (χ4n) is 2.29. The lowest BCUT2D eigenvalue weighted by Gasteiger charge is -2.32. The van der Waals surface area contributed by atoms with E-state index in [2.05, 4.69) is 30.8 Å². The van der Waals surface area contributed by atoms with E-state index in [1.165, 1.54) is 0 Å². The Balaban J connectivity index is 2.07. The summed E-state index contributed by atoms with van der Waals surface area (Å²) in [6.45, 7) is 15.8. The van der Waals surface area contributed by atoms with Crippen LogP contribution in [-0.2, 0) is 20.8 Å². The maximum Gasteiger partial charge on any atom is 0.499 e. The minimum Gasteiger partial charge on any atom is -0.399 e. The van der Waals surface area contributed by atoms with Gasteiger partial charge in [0.2, 0.25) is 0 Å². The van der Waals surface area contributed by atoms with Crippen molar-refractivity contribution in [2.45, 2.75) is 71.3 Å².